The maximum absolute atomic E-state index is 12.4. The first kappa shape index (κ1) is 15.1. The average molecular weight is 332 g/mol. The van der Waals surface area contributed by atoms with Crippen molar-refractivity contribution in [2.75, 3.05) is 25.6 Å². The summed E-state index contributed by atoms with van der Waals surface area (Å²) in [5.74, 6) is 0.785. The van der Waals surface area contributed by atoms with Crippen LogP contribution in [0.15, 0.2) is 34.9 Å². The van der Waals surface area contributed by atoms with E-state index in [4.69, 9.17) is 17.0 Å². The molecule has 0 aromatic heterocycles. The molecule has 3 rings (SSSR count). The molecule has 0 N–H and O–H groups in total. The van der Waals surface area contributed by atoms with E-state index in [9.17, 15) is 4.79 Å². The molecule has 4 nitrogen and oxygen atoms in total. The number of likely N-dealkylation sites (N-methyl/N-ethyl adjacent to an activating group) is 2. The van der Waals surface area contributed by atoms with E-state index in [0.29, 0.717) is 9.23 Å². The number of hydrogen-bond donors (Lipinski definition) is 0. The zero-order valence-electron chi connectivity index (χ0n) is 12.6. The fraction of sp³-hybridized carbons (Fsp3) is 0.250. The van der Waals surface area contributed by atoms with Crippen molar-refractivity contribution >= 4 is 46.0 Å². The minimum atomic E-state index is -0.0370. The lowest BCUT2D eigenvalue weighted by molar-refractivity contribution is -0.121. The van der Waals surface area contributed by atoms with Gasteiger partial charge in [-0.05, 0) is 31.2 Å². The fourth-order valence-corrected chi connectivity index (χ4v) is 3.80. The fourth-order valence-electron chi connectivity index (χ4n) is 2.56. The normalized spacial score (nSPS) is 20.7. The Hall–Kier alpha value is -1.79. The highest BCUT2D eigenvalue weighted by Gasteiger charge is 2.33. The molecule has 2 heterocycles. The van der Waals surface area contributed by atoms with E-state index in [1.54, 1.807) is 14.2 Å². The molecular weight excluding hydrogens is 316 g/mol. The van der Waals surface area contributed by atoms with Crippen LogP contribution in [-0.4, -0.2) is 35.8 Å². The van der Waals surface area contributed by atoms with Crippen molar-refractivity contribution in [3.63, 3.8) is 0 Å². The largest absolute Gasteiger partial charge is 0.497 e. The molecule has 0 bridgehead atoms. The number of rotatable bonds is 2. The molecule has 22 heavy (non-hydrogen) atoms. The van der Waals surface area contributed by atoms with Crippen LogP contribution < -0.4 is 9.64 Å². The molecule has 1 aromatic rings. The molecule has 1 fully saturated rings. The first-order valence-electron chi connectivity index (χ1n) is 6.94. The van der Waals surface area contributed by atoms with E-state index >= 15 is 0 Å². The van der Waals surface area contributed by atoms with E-state index in [0.717, 1.165) is 29.2 Å². The number of hydrogen-bond acceptors (Lipinski definition) is 5. The molecular formula is C16H16N2O2S2. The van der Waals surface area contributed by atoms with Crippen LogP contribution in [0.4, 0.5) is 5.69 Å². The van der Waals surface area contributed by atoms with Gasteiger partial charge in [-0.3, -0.25) is 9.69 Å². The number of thiocarbonyl (C=S) groups is 1. The topological polar surface area (TPSA) is 32.8 Å². The van der Waals surface area contributed by atoms with Crippen molar-refractivity contribution in [1.82, 2.24) is 4.90 Å². The predicted molar refractivity (Wildman–Crippen MR) is 95.0 cm³/mol. The SMILES string of the molecule is CCN1/C(=C2/SC(=S)N(C)C2=O)C=Cc2cc(OC)ccc21. The molecule has 114 valence electrons. The van der Waals surface area contributed by atoms with E-state index in [2.05, 4.69) is 11.8 Å². The zero-order chi connectivity index (χ0) is 15.9. The quantitative estimate of drug-likeness (QED) is 0.613. The molecule has 2 aliphatic rings. The number of carbonyl (C=O) groups is 1. The van der Waals surface area contributed by atoms with Crippen molar-refractivity contribution in [3.05, 3.63) is 40.4 Å². The van der Waals surface area contributed by atoms with Gasteiger partial charge in [0.2, 0.25) is 0 Å². The maximum Gasteiger partial charge on any atom is 0.268 e. The van der Waals surface area contributed by atoms with Gasteiger partial charge in [0.25, 0.3) is 5.91 Å². The number of fused-ring (bicyclic) bond motifs is 1. The van der Waals surface area contributed by atoms with Gasteiger partial charge in [0.05, 0.1) is 12.8 Å². The van der Waals surface area contributed by atoms with Gasteiger partial charge in [-0.2, -0.15) is 0 Å². The number of amides is 1. The van der Waals surface area contributed by atoms with E-state index < -0.39 is 0 Å². The third-order valence-electron chi connectivity index (χ3n) is 3.75. The van der Waals surface area contributed by atoms with Crippen molar-refractivity contribution in [3.8, 4) is 5.75 Å². The Morgan fingerprint density at radius 1 is 1.32 bits per heavy atom. The van der Waals surface area contributed by atoms with E-state index in [1.807, 2.05) is 30.4 Å². The summed E-state index contributed by atoms with van der Waals surface area (Å²) in [6.07, 6.45) is 3.99. The van der Waals surface area contributed by atoms with E-state index in [-0.39, 0.29) is 5.91 Å². The second kappa shape index (κ2) is 5.78. The second-order valence-corrected chi connectivity index (χ2v) is 6.59. The molecule has 0 spiro atoms. The number of benzene rings is 1. The van der Waals surface area contributed by atoms with Crippen LogP contribution in [0.1, 0.15) is 12.5 Å². The van der Waals surface area contributed by atoms with Gasteiger partial charge in [-0.1, -0.05) is 30.1 Å². The first-order valence-corrected chi connectivity index (χ1v) is 8.17. The Morgan fingerprint density at radius 2 is 2.09 bits per heavy atom. The summed E-state index contributed by atoms with van der Waals surface area (Å²) in [5, 5.41) is 0. The number of ether oxygens (including phenoxy) is 1. The van der Waals surface area contributed by atoms with Crippen molar-refractivity contribution < 1.29 is 9.53 Å². The van der Waals surface area contributed by atoms with Crippen LogP contribution in [-0.2, 0) is 4.79 Å². The number of allylic oxidation sites excluding steroid dienone is 1. The molecule has 1 aromatic carbocycles. The molecule has 0 radical (unpaired) electrons. The highest BCUT2D eigenvalue weighted by Crippen LogP contribution is 2.39. The summed E-state index contributed by atoms with van der Waals surface area (Å²) in [7, 11) is 3.37. The van der Waals surface area contributed by atoms with E-state index in [1.165, 1.54) is 16.7 Å². The highest BCUT2D eigenvalue weighted by atomic mass is 32.2. The van der Waals surface area contributed by atoms with Crippen LogP contribution in [0.2, 0.25) is 0 Å². The standard InChI is InChI=1S/C16H16N2O2S2/c1-4-18-12-8-6-11(20-3)9-10(12)5-7-13(18)14-15(19)17(2)16(21)22-14/h5-9H,4H2,1-3H3/b14-13+. The van der Waals surface area contributed by atoms with Gasteiger partial charge >= 0.3 is 0 Å². The summed E-state index contributed by atoms with van der Waals surface area (Å²) in [4.78, 5) is 16.7. The lowest BCUT2D eigenvalue weighted by atomic mass is 10.0. The van der Waals surface area contributed by atoms with Crippen LogP contribution >= 0.6 is 24.0 Å². The minimum Gasteiger partial charge on any atom is -0.497 e. The van der Waals surface area contributed by atoms with Gasteiger partial charge in [0.1, 0.15) is 15.0 Å². The Labute approximate surface area is 139 Å². The van der Waals surface area contributed by atoms with Gasteiger partial charge < -0.3 is 9.64 Å². The van der Waals surface area contributed by atoms with Crippen molar-refractivity contribution in [1.29, 1.82) is 0 Å². The molecule has 0 saturated carbocycles. The van der Waals surface area contributed by atoms with Crippen LogP contribution in [0.25, 0.3) is 6.08 Å². The maximum atomic E-state index is 12.4. The Kier molecular flexibility index (Phi) is 3.97. The van der Waals surface area contributed by atoms with Crippen molar-refractivity contribution in [2.45, 2.75) is 6.92 Å². The molecule has 1 saturated heterocycles. The monoisotopic (exact) mass is 332 g/mol. The van der Waals surface area contributed by atoms with Gasteiger partial charge in [-0.15, -0.1) is 0 Å². The lowest BCUT2D eigenvalue weighted by Gasteiger charge is -2.30. The molecule has 6 heteroatoms. The molecule has 0 unspecified atom stereocenters. The molecule has 0 aliphatic carbocycles. The van der Waals surface area contributed by atoms with Gasteiger partial charge in [0.15, 0.2) is 0 Å². The summed E-state index contributed by atoms with van der Waals surface area (Å²) in [6.45, 7) is 2.84. The third kappa shape index (κ3) is 2.32. The summed E-state index contributed by atoms with van der Waals surface area (Å²) in [6, 6.07) is 5.95. The summed E-state index contributed by atoms with van der Waals surface area (Å²) < 4.78 is 5.87. The average Bonchev–Trinajstić information content (AvgIpc) is 2.80. The number of carbonyl (C=O) groups excluding carboxylic acids is 1. The molecule has 0 atom stereocenters. The number of methoxy groups -OCH3 is 1. The Bertz CT molecular complexity index is 725. The Balaban J connectivity index is 2.10. The predicted octanol–water partition coefficient (Wildman–Crippen LogP) is 3.25. The number of anilines is 1. The Morgan fingerprint density at radius 3 is 2.68 bits per heavy atom. The molecule has 2 aliphatic heterocycles. The number of nitrogens with zero attached hydrogens (tertiary/aromatic N) is 2. The second-order valence-electron chi connectivity index (χ2n) is 4.95. The third-order valence-corrected chi connectivity index (χ3v) is 5.31. The number of thioether (sulfide) groups is 1. The smallest absolute Gasteiger partial charge is 0.268 e. The first-order chi connectivity index (χ1) is 10.6. The lowest BCUT2D eigenvalue weighted by Crippen LogP contribution is -2.28. The van der Waals surface area contributed by atoms with Crippen molar-refractivity contribution in [2.24, 2.45) is 0 Å². The zero-order valence-corrected chi connectivity index (χ0v) is 14.3. The van der Waals surface area contributed by atoms with Crippen LogP contribution in [0.5, 0.6) is 5.75 Å². The minimum absolute atomic E-state index is 0.0370. The van der Waals surface area contributed by atoms with Crippen LogP contribution in [0.3, 0.4) is 0 Å². The van der Waals surface area contributed by atoms with Crippen LogP contribution in [0, 0.1) is 0 Å². The van der Waals surface area contributed by atoms with Gasteiger partial charge in [0, 0.05) is 24.8 Å². The van der Waals surface area contributed by atoms with Gasteiger partial charge in [-0.25, -0.2) is 0 Å². The highest BCUT2D eigenvalue weighted by molar-refractivity contribution is 8.26. The summed E-state index contributed by atoms with van der Waals surface area (Å²) >= 11 is 6.59. The molecule has 1 amide bonds. The summed E-state index contributed by atoms with van der Waals surface area (Å²) in [5.41, 5.74) is 3.06.